The summed E-state index contributed by atoms with van der Waals surface area (Å²) in [7, 11) is 0. The van der Waals surface area contributed by atoms with Gasteiger partial charge in [0.25, 0.3) is 0 Å². The van der Waals surface area contributed by atoms with E-state index >= 15 is 0 Å². The van der Waals surface area contributed by atoms with Crippen LogP contribution in [0.15, 0.2) is 11.1 Å². The lowest BCUT2D eigenvalue weighted by Gasteiger charge is -2.58. The molecule has 2 rings (SSSR count). The molecule has 98 valence electrons. The summed E-state index contributed by atoms with van der Waals surface area (Å²) < 4.78 is 0. The molecule has 0 aromatic heterocycles. The van der Waals surface area contributed by atoms with Gasteiger partial charge in [-0.1, -0.05) is 65.5 Å². The van der Waals surface area contributed by atoms with Gasteiger partial charge < -0.3 is 0 Å². The Bertz CT molecular complexity index is 321. The van der Waals surface area contributed by atoms with Gasteiger partial charge in [0, 0.05) is 0 Å². The predicted molar refractivity (Wildman–Crippen MR) is 75.9 cm³/mol. The predicted octanol–water partition coefficient (Wildman–Crippen LogP) is 5.44. The fraction of sp³-hybridized carbons (Fsp3) is 0.882. The molecule has 17 heavy (non-hydrogen) atoms. The molecule has 2 aliphatic carbocycles. The smallest absolute Gasteiger partial charge is 0.00516 e. The molecular formula is C17H30. The van der Waals surface area contributed by atoms with Crippen LogP contribution < -0.4 is 0 Å². The zero-order valence-corrected chi connectivity index (χ0v) is 12.6. The Labute approximate surface area is 108 Å². The first kappa shape index (κ1) is 13.2. The Kier molecular flexibility index (Phi) is 3.45. The maximum Gasteiger partial charge on any atom is -0.00516 e. The zero-order chi connectivity index (χ0) is 12.8. The van der Waals surface area contributed by atoms with Gasteiger partial charge in [-0.15, -0.1) is 0 Å². The van der Waals surface area contributed by atoms with Crippen LogP contribution in [0.25, 0.3) is 0 Å². The van der Waals surface area contributed by atoms with E-state index in [1.807, 2.05) is 11.1 Å². The minimum Gasteiger partial charge on any atom is -0.0662 e. The molecule has 2 aliphatic rings. The molecule has 0 heterocycles. The zero-order valence-electron chi connectivity index (χ0n) is 12.6. The van der Waals surface area contributed by atoms with Gasteiger partial charge >= 0.3 is 0 Å². The van der Waals surface area contributed by atoms with E-state index in [1.54, 1.807) is 0 Å². The van der Waals surface area contributed by atoms with Crippen molar-refractivity contribution in [1.29, 1.82) is 0 Å². The highest BCUT2D eigenvalue weighted by Crippen LogP contribution is 2.65. The number of hydrogen-bond acceptors (Lipinski definition) is 0. The third kappa shape index (κ3) is 1.71. The molecule has 0 spiro atoms. The third-order valence-corrected chi connectivity index (χ3v) is 6.20. The van der Waals surface area contributed by atoms with Gasteiger partial charge in [-0.2, -0.15) is 0 Å². The molecule has 0 aromatic carbocycles. The molecule has 0 aliphatic heterocycles. The number of rotatable bonds is 4. The first-order valence-electron chi connectivity index (χ1n) is 7.75. The van der Waals surface area contributed by atoms with E-state index in [9.17, 15) is 0 Å². The average Bonchev–Trinajstić information content (AvgIpc) is 3.09. The van der Waals surface area contributed by atoms with E-state index in [0.29, 0.717) is 5.41 Å². The van der Waals surface area contributed by atoms with E-state index < -0.39 is 0 Å². The van der Waals surface area contributed by atoms with Crippen molar-refractivity contribution in [3.8, 4) is 0 Å². The van der Waals surface area contributed by atoms with Crippen LogP contribution in [0.2, 0.25) is 0 Å². The fourth-order valence-corrected chi connectivity index (χ4v) is 4.70. The van der Waals surface area contributed by atoms with Crippen LogP contribution in [0.3, 0.4) is 0 Å². The Balaban J connectivity index is 2.30. The van der Waals surface area contributed by atoms with Gasteiger partial charge in [-0.25, -0.2) is 0 Å². The van der Waals surface area contributed by atoms with Gasteiger partial charge in [0.2, 0.25) is 0 Å². The van der Waals surface area contributed by atoms with E-state index in [1.165, 1.54) is 25.7 Å². The summed E-state index contributed by atoms with van der Waals surface area (Å²) in [4.78, 5) is 0. The van der Waals surface area contributed by atoms with Crippen LogP contribution >= 0.6 is 0 Å². The second-order valence-corrected chi connectivity index (χ2v) is 6.62. The highest BCUT2D eigenvalue weighted by molar-refractivity contribution is 5.42. The van der Waals surface area contributed by atoms with Crippen LogP contribution in [0.5, 0.6) is 0 Å². The number of hydrogen-bond donors (Lipinski definition) is 0. The fourth-order valence-electron chi connectivity index (χ4n) is 4.70. The first-order chi connectivity index (χ1) is 8.02. The Hall–Kier alpha value is -0.260. The third-order valence-electron chi connectivity index (χ3n) is 6.20. The van der Waals surface area contributed by atoms with Crippen LogP contribution in [-0.4, -0.2) is 0 Å². The van der Waals surface area contributed by atoms with Crippen LogP contribution in [0.4, 0.5) is 0 Å². The van der Waals surface area contributed by atoms with Crippen molar-refractivity contribution in [2.75, 3.05) is 0 Å². The van der Waals surface area contributed by atoms with E-state index in [4.69, 9.17) is 0 Å². The second-order valence-electron chi connectivity index (χ2n) is 6.62. The Morgan fingerprint density at radius 2 is 1.76 bits per heavy atom. The van der Waals surface area contributed by atoms with Gasteiger partial charge in [0.1, 0.15) is 0 Å². The van der Waals surface area contributed by atoms with Gasteiger partial charge in [0.05, 0.1) is 0 Å². The lowest BCUT2D eigenvalue weighted by Crippen LogP contribution is -2.50. The van der Waals surface area contributed by atoms with Crippen LogP contribution in [0, 0.1) is 29.1 Å². The normalized spacial score (nSPS) is 45.0. The molecule has 2 saturated carbocycles. The largest absolute Gasteiger partial charge is 0.0662 e. The Morgan fingerprint density at radius 1 is 1.18 bits per heavy atom. The molecule has 0 amide bonds. The van der Waals surface area contributed by atoms with E-state index in [0.717, 1.165) is 23.7 Å². The van der Waals surface area contributed by atoms with E-state index in [-0.39, 0.29) is 0 Å². The molecule has 0 N–H and O–H groups in total. The van der Waals surface area contributed by atoms with E-state index in [2.05, 4.69) is 41.5 Å². The lowest BCUT2D eigenvalue weighted by molar-refractivity contribution is 0.0203. The van der Waals surface area contributed by atoms with Crippen molar-refractivity contribution in [1.82, 2.24) is 0 Å². The lowest BCUT2D eigenvalue weighted by atomic mass is 9.46. The van der Waals surface area contributed by atoms with Crippen LogP contribution in [0.1, 0.15) is 67.2 Å². The molecule has 0 saturated heterocycles. The Morgan fingerprint density at radius 3 is 2.18 bits per heavy atom. The summed E-state index contributed by atoms with van der Waals surface area (Å²) in [6, 6.07) is 0. The average molecular weight is 234 g/mol. The van der Waals surface area contributed by atoms with Crippen molar-refractivity contribution in [2.45, 2.75) is 67.2 Å². The summed E-state index contributed by atoms with van der Waals surface area (Å²) in [5.41, 5.74) is 4.26. The van der Waals surface area contributed by atoms with Crippen molar-refractivity contribution >= 4 is 0 Å². The van der Waals surface area contributed by atoms with Crippen molar-refractivity contribution in [3.63, 3.8) is 0 Å². The van der Waals surface area contributed by atoms with Crippen molar-refractivity contribution < 1.29 is 0 Å². The standard InChI is InChI=1S/C17H30/c1-7-13-10-15(13)16-11(4)12(5)17(16,6)14(8-2)9-3/h11-14H,7-10H2,1-6H3. The highest BCUT2D eigenvalue weighted by atomic mass is 14.6. The molecule has 0 heteroatoms. The molecule has 0 aromatic rings. The summed E-state index contributed by atoms with van der Waals surface area (Å²) >= 11 is 0. The first-order valence-corrected chi connectivity index (χ1v) is 7.75. The maximum absolute atomic E-state index is 2.56. The second kappa shape index (κ2) is 4.44. The minimum absolute atomic E-state index is 0.530. The maximum atomic E-state index is 2.56. The summed E-state index contributed by atoms with van der Waals surface area (Å²) in [5, 5.41) is 0. The molecule has 4 atom stereocenters. The van der Waals surface area contributed by atoms with Crippen molar-refractivity contribution in [2.24, 2.45) is 29.1 Å². The van der Waals surface area contributed by atoms with Gasteiger partial charge in [-0.05, 0) is 41.9 Å². The topological polar surface area (TPSA) is 0 Å². The summed E-state index contributed by atoms with van der Waals surface area (Å²) in [6.45, 7) is 14.6. The highest BCUT2D eigenvalue weighted by Gasteiger charge is 2.56. The summed E-state index contributed by atoms with van der Waals surface area (Å²) in [6.07, 6.45) is 5.47. The molecule has 0 radical (unpaired) electrons. The summed E-state index contributed by atoms with van der Waals surface area (Å²) in [5.74, 6) is 3.59. The molecule has 4 unspecified atom stereocenters. The minimum atomic E-state index is 0.530. The van der Waals surface area contributed by atoms with Crippen LogP contribution in [-0.2, 0) is 0 Å². The quantitative estimate of drug-likeness (QED) is 0.568. The SMILES string of the molecule is CCC1CC1=C1C(C)C(C)C1(C)C(CC)CC. The molecular weight excluding hydrogens is 204 g/mol. The molecule has 2 fully saturated rings. The van der Waals surface area contributed by atoms with Gasteiger partial charge in [0.15, 0.2) is 0 Å². The number of allylic oxidation sites excluding steroid dienone is 2. The molecule has 0 nitrogen and oxygen atoms in total. The van der Waals surface area contributed by atoms with Crippen molar-refractivity contribution in [3.05, 3.63) is 11.1 Å². The monoisotopic (exact) mass is 234 g/mol. The van der Waals surface area contributed by atoms with Gasteiger partial charge in [-0.3, -0.25) is 0 Å². The molecule has 0 bridgehead atoms.